The van der Waals surface area contributed by atoms with Crippen molar-refractivity contribution in [2.45, 2.75) is 39.5 Å². The Labute approximate surface area is 114 Å². The van der Waals surface area contributed by atoms with Crippen molar-refractivity contribution < 1.29 is 9.18 Å². The molecule has 0 aromatic heterocycles. The first-order valence-corrected chi connectivity index (χ1v) is 7.04. The summed E-state index contributed by atoms with van der Waals surface area (Å²) >= 11 is 0. The minimum absolute atomic E-state index is 0.0227. The molecule has 1 aromatic rings. The molecule has 0 heterocycles. The van der Waals surface area contributed by atoms with Crippen LogP contribution in [0.25, 0.3) is 0 Å². The number of halogens is 1. The van der Waals surface area contributed by atoms with Gasteiger partial charge in [-0.3, -0.25) is 4.79 Å². The van der Waals surface area contributed by atoms with Gasteiger partial charge in [-0.2, -0.15) is 0 Å². The molecule has 2 N–H and O–H groups in total. The largest absolute Gasteiger partial charge is 0.330 e. The molecule has 2 rings (SSSR count). The molecule has 1 aliphatic carbocycles. The highest BCUT2D eigenvalue weighted by Gasteiger charge is 2.28. The average molecular weight is 263 g/mol. The zero-order valence-electron chi connectivity index (χ0n) is 11.7. The van der Waals surface area contributed by atoms with Crippen molar-refractivity contribution >= 4 is 5.78 Å². The number of hydrogen-bond donors (Lipinski definition) is 1. The number of carbonyl (C=O) groups is 1. The van der Waals surface area contributed by atoms with Crippen molar-refractivity contribution in [1.82, 2.24) is 0 Å². The van der Waals surface area contributed by atoms with E-state index in [0.717, 1.165) is 36.8 Å². The lowest BCUT2D eigenvalue weighted by atomic mass is 9.78. The molecule has 1 saturated carbocycles. The van der Waals surface area contributed by atoms with Crippen molar-refractivity contribution in [2.75, 3.05) is 6.54 Å². The molecule has 3 heteroatoms. The maximum absolute atomic E-state index is 14.0. The number of rotatable bonds is 3. The first-order chi connectivity index (χ1) is 9.02. The van der Waals surface area contributed by atoms with Crippen LogP contribution in [0, 0.1) is 31.5 Å². The van der Waals surface area contributed by atoms with E-state index < -0.39 is 0 Å². The Morgan fingerprint density at radius 3 is 2.42 bits per heavy atom. The Hall–Kier alpha value is -1.22. The Bertz CT molecular complexity index is 453. The van der Waals surface area contributed by atoms with Crippen LogP contribution in [0.15, 0.2) is 12.1 Å². The van der Waals surface area contributed by atoms with E-state index >= 15 is 0 Å². The standard InChI is InChI=1S/C16H22FNO/c1-10-7-11(2)15(14(17)8-10)16(19)13-5-3-12(9-18)4-6-13/h7-8,12-13H,3-6,9,18H2,1-2H3. The summed E-state index contributed by atoms with van der Waals surface area (Å²) in [7, 11) is 0. The van der Waals surface area contributed by atoms with Gasteiger partial charge in [-0.25, -0.2) is 4.39 Å². The predicted molar refractivity (Wildman–Crippen MR) is 74.7 cm³/mol. The zero-order valence-corrected chi connectivity index (χ0v) is 11.7. The summed E-state index contributed by atoms with van der Waals surface area (Å²) in [6.07, 6.45) is 3.65. The second-order valence-electron chi connectivity index (χ2n) is 5.76. The maximum Gasteiger partial charge on any atom is 0.169 e. The van der Waals surface area contributed by atoms with Crippen LogP contribution < -0.4 is 5.73 Å². The van der Waals surface area contributed by atoms with Crippen LogP contribution in [0.4, 0.5) is 4.39 Å². The van der Waals surface area contributed by atoms with Gasteiger partial charge in [-0.15, -0.1) is 0 Å². The van der Waals surface area contributed by atoms with Gasteiger partial charge in [0.2, 0.25) is 0 Å². The van der Waals surface area contributed by atoms with Gasteiger partial charge >= 0.3 is 0 Å². The van der Waals surface area contributed by atoms with Crippen LogP contribution in [-0.4, -0.2) is 12.3 Å². The third-order valence-corrected chi connectivity index (χ3v) is 4.23. The van der Waals surface area contributed by atoms with Gasteiger partial charge in [-0.05, 0) is 69.2 Å². The van der Waals surface area contributed by atoms with Crippen LogP contribution in [-0.2, 0) is 0 Å². The molecule has 0 amide bonds. The van der Waals surface area contributed by atoms with Crippen molar-refractivity contribution in [3.63, 3.8) is 0 Å². The monoisotopic (exact) mass is 263 g/mol. The van der Waals surface area contributed by atoms with Crippen molar-refractivity contribution in [3.8, 4) is 0 Å². The number of benzene rings is 1. The van der Waals surface area contributed by atoms with E-state index in [4.69, 9.17) is 5.73 Å². The van der Waals surface area contributed by atoms with Gasteiger partial charge in [0.15, 0.2) is 5.78 Å². The number of nitrogens with two attached hydrogens (primary N) is 1. The minimum atomic E-state index is -0.372. The normalized spacial score (nSPS) is 23.4. The Morgan fingerprint density at radius 1 is 1.26 bits per heavy atom. The van der Waals surface area contributed by atoms with Gasteiger partial charge < -0.3 is 5.73 Å². The highest BCUT2D eigenvalue weighted by atomic mass is 19.1. The van der Waals surface area contributed by atoms with E-state index in [-0.39, 0.29) is 17.5 Å². The fourth-order valence-corrected chi connectivity index (χ4v) is 3.09. The Morgan fingerprint density at radius 2 is 1.89 bits per heavy atom. The van der Waals surface area contributed by atoms with Gasteiger partial charge in [0.25, 0.3) is 0 Å². The summed E-state index contributed by atoms with van der Waals surface area (Å²) in [5.74, 6) is 0.112. The highest BCUT2D eigenvalue weighted by Crippen LogP contribution is 2.32. The molecule has 0 bridgehead atoms. The van der Waals surface area contributed by atoms with E-state index in [1.165, 1.54) is 6.07 Å². The van der Waals surface area contributed by atoms with Crippen LogP contribution >= 0.6 is 0 Å². The van der Waals surface area contributed by atoms with Crippen LogP contribution in [0.2, 0.25) is 0 Å². The van der Waals surface area contributed by atoms with Crippen molar-refractivity contribution in [2.24, 2.45) is 17.6 Å². The first kappa shape index (κ1) is 14.2. The smallest absolute Gasteiger partial charge is 0.169 e. The van der Waals surface area contributed by atoms with E-state index in [1.807, 2.05) is 19.9 Å². The number of hydrogen-bond acceptors (Lipinski definition) is 2. The number of Topliss-reactive ketones (excluding diaryl/α,β-unsaturated/α-hetero) is 1. The maximum atomic E-state index is 14.0. The molecule has 1 fully saturated rings. The molecular weight excluding hydrogens is 241 g/mol. The van der Waals surface area contributed by atoms with Crippen LogP contribution in [0.1, 0.15) is 47.2 Å². The summed E-state index contributed by atoms with van der Waals surface area (Å²) < 4.78 is 14.0. The van der Waals surface area contributed by atoms with Gasteiger partial charge in [0.05, 0.1) is 5.56 Å². The average Bonchev–Trinajstić information content (AvgIpc) is 2.37. The molecule has 0 atom stereocenters. The van der Waals surface area contributed by atoms with Gasteiger partial charge in [0.1, 0.15) is 5.82 Å². The summed E-state index contributed by atoms with van der Waals surface area (Å²) in [6, 6.07) is 3.33. The molecule has 0 aliphatic heterocycles. The van der Waals surface area contributed by atoms with E-state index in [2.05, 4.69) is 0 Å². The van der Waals surface area contributed by atoms with Gasteiger partial charge in [0, 0.05) is 5.92 Å². The third-order valence-electron chi connectivity index (χ3n) is 4.23. The molecule has 104 valence electrons. The number of aryl methyl sites for hydroxylation is 2. The molecular formula is C16H22FNO. The lowest BCUT2D eigenvalue weighted by molar-refractivity contribution is 0.0868. The fraction of sp³-hybridized carbons (Fsp3) is 0.562. The molecule has 0 radical (unpaired) electrons. The number of carbonyl (C=O) groups excluding carboxylic acids is 1. The Balaban J connectivity index is 2.17. The quantitative estimate of drug-likeness (QED) is 0.849. The summed E-state index contributed by atoms with van der Waals surface area (Å²) in [5, 5.41) is 0. The lowest BCUT2D eigenvalue weighted by Crippen LogP contribution is -2.26. The van der Waals surface area contributed by atoms with Crippen molar-refractivity contribution in [3.05, 3.63) is 34.6 Å². The molecule has 2 nitrogen and oxygen atoms in total. The SMILES string of the molecule is Cc1cc(C)c(C(=O)C2CCC(CN)CC2)c(F)c1. The first-order valence-electron chi connectivity index (χ1n) is 7.04. The van der Waals surface area contributed by atoms with E-state index in [0.29, 0.717) is 18.0 Å². The third kappa shape index (κ3) is 3.03. The van der Waals surface area contributed by atoms with Crippen LogP contribution in [0.5, 0.6) is 0 Å². The summed E-state index contributed by atoms with van der Waals surface area (Å²) in [4.78, 5) is 12.5. The van der Waals surface area contributed by atoms with Gasteiger partial charge in [-0.1, -0.05) is 6.07 Å². The Kier molecular flexibility index (Phi) is 4.35. The summed E-state index contributed by atoms with van der Waals surface area (Å²) in [6.45, 7) is 4.35. The van der Waals surface area contributed by atoms with Crippen LogP contribution in [0.3, 0.4) is 0 Å². The number of ketones is 1. The van der Waals surface area contributed by atoms with E-state index in [9.17, 15) is 9.18 Å². The molecule has 1 aromatic carbocycles. The van der Waals surface area contributed by atoms with Crippen molar-refractivity contribution in [1.29, 1.82) is 0 Å². The van der Waals surface area contributed by atoms with E-state index in [1.54, 1.807) is 0 Å². The minimum Gasteiger partial charge on any atom is -0.330 e. The molecule has 0 spiro atoms. The lowest BCUT2D eigenvalue weighted by Gasteiger charge is -2.27. The molecule has 19 heavy (non-hydrogen) atoms. The second kappa shape index (κ2) is 5.83. The molecule has 1 aliphatic rings. The second-order valence-corrected chi connectivity index (χ2v) is 5.76. The predicted octanol–water partition coefficient (Wildman–Crippen LogP) is 3.39. The summed E-state index contributed by atoms with van der Waals surface area (Å²) in [5.41, 5.74) is 7.56. The fourth-order valence-electron chi connectivity index (χ4n) is 3.09. The zero-order chi connectivity index (χ0) is 14.0. The molecule has 0 unspecified atom stereocenters. The highest BCUT2D eigenvalue weighted by molar-refractivity contribution is 5.99. The topological polar surface area (TPSA) is 43.1 Å². The molecule has 0 saturated heterocycles.